The molecule has 6 nitrogen and oxygen atoms in total. The van der Waals surface area contributed by atoms with Crippen LogP contribution in [0.4, 0.5) is 14.7 Å². The largest absolute Gasteiger partial charge is 0.295 e. The van der Waals surface area contributed by atoms with Gasteiger partial charge in [-0.3, -0.25) is 14.5 Å². The number of halogens is 2. The maximum atomic E-state index is 13.3. The number of aromatic nitrogens is 4. The number of carbonyl (C=O) groups is 1. The van der Waals surface area contributed by atoms with Gasteiger partial charge in [0.15, 0.2) is 0 Å². The van der Waals surface area contributed by atoms with Gasteiger partial charge in [0.05, 0.1) is 0 Å². The van der Waals surface area contributed by atoms with Gasteiger partial charge in [-0.15, -0.1) is 0 Å². The number of alkyl halides is 2. The second-order valence-corrected chi connectivity index (χ2v) is 5.55. The highest BCUT2D eigenvalue weighted by Crippen LogP contribution is 2.25. The first-order chi connectivity index (χ1) is 11.6. The lowest BCUT2D eigenvalue weighted by molar-refractivity contribution is 0.0999. The first-order valence-corrected chi connectivity index (χ1v) is 7.55. The summed E-state index contributed by atoms with van der Waals surface area (Å²) in [5.74, 6) is -0.589. The van der Waals surface area contributed by atoms with E-state index < -0.39 is 18.0 Å². The summed E-state index contributed by atoms with van der Waals surface area (Å²) in [4.78, 5) is 24.8. The third kappa shape index (κ3) is 2.40. The molecule has 0 aromatic carbocycles. The standard InChI is InChI=1S/C16H13F2N5O/c17-14(18)12-13(23-7-2-1-6-11(23)21-12)15(24)22-16-19-8-9-4-3-5-10(9)20-16/h1-2,6-8,14H,3-5H2,(H,19,20,22,24). The number of fused-ring (bicyclic) bond motifs is 2. The summed E-state index contributed by atoms with van der Waals surface area (Å²) in [5.41, 5.74) is 1.49. The number of imidazole rings is 1. The fourth-order valence-corrected chi connectivity index (χ4v) is 2.93. The number of pyridine rings is 1. The highest BCUT2D eigenvalue weighted by Gasteiger charge is 2.26. The zero-order valence-electron chi connectivity index (χ0n) is 12.5. The second-order valence-electron chi connectivity index (χ2n) is 5.55. The van der Waals surface area contributed by atoms with Crippen molar-refractivity contribution in [3.8, 4) is 0 Å². The van der Waals surface area contributed by atoms with E-state index in [1.54, 1.807) is 24.4 Å². The van der Waals surface area contributed by atoms with Crippen LogP contribution in [0.1, 0.15) is 40.3 Å². The third-order valence-electron chi connectivity index (χ3n) is 4.02. The predicted octanol–water partition coefficient (Wildman–Crippen LogP) is 2.80. The molecule has 3 aromatic rings. The number of rotatable bonds is 3. The lowest BCUT2D eigenvalue weighted by atomic mass is 10.3. The fourth-order valence-electron chi connectivity index (χ4n) is 2.93. The van der Waals surface area contributed by atoms with E-state index in [9.17, 15) is 13.6 Å². The van der Waals surface area contributed by atoms with Gasteiger partial charge in [0.1, 0.15) is 17.0 Å². The number of nitrogens with zero attached hydrogens (tertiary/aromatic N) is 4. The van der Waals surface area contributed by atoms with Crippen LogP contribution in [0.2, 0.25) is 0 Å². The number of amides is 1. The number of hydrogen-bond donors (Lipinski definition) is 1. The average molecular weight is 329 g/mol. The van der Waals surface area contributed by atoms with Crippen molar-refractivity contribution in [1.82, 2.24) is 19.4 Å². The van der Waals surface area contributed by atoms with Crippen LogP contribution in [-0.4, -0.2) is 25.3 Å². The Bertz CT molecular complexity index is 937. The Kier molecular flexibility index (Phi) is 3.44. The second kappa shape index (κ2) is 5.63. The molecule has 1 amide bonds. The quantitative estimate of drug-likeness (QED) is 0.802. The van der Waals surface area contributed by atoms with E-state index in [-0.39, 0.29) is 17.3 Å². The zero-order valence-corrected chi connectivity index (χ0v) is 12.5. The molecule has 0 atom stereocenters. The Balaban J connectivity index is 1.72. The van der Waals surface area contributed by atoms with Gasteiger partial charge in [0, 0.05) is 18.1 Å². The van der Waals surface area contributed by atoms with Gasteiger partial charge in [0.25, 0.3) is 12.3 Å². The summed E-state index contributed by atoms with van der Waals surface area (Å²) < 4.78 is 27.9. The Morgan fingerprint density at radius 2 is 2.12 bits per heavy atom. The van der Waals surface area contributed by atoms with Crippen LogP contribution in [0.3, 0.4) is 0 Å². The van der Waals surface area contributed by atoms with Crippen LogP contribution in [0.15, 0.2) is 30.6 Å². The summed E-state index contributed by atoms with van der Waals surface area (Å²) >= 11 is 0. The molecule has 0 unspecified atom stereocenters. The molecule has 0 aliphatic heterocycles. The SMILES string of the molecule is O=C(Nc1ncc2c(n1)CCC2)c1c(C(F)F)nc2ccccn12. The van der Waals surface area contributed by atoms with Crippen LogP contribution in [0, 0.1) is 0 Å². The lowest BCUT2D eigenvalue weighted by Crippen LogP contribution is -2.18. The molecule has 122 valence electrons. The molecule has 0 saturated carbocycles. The van der Waals surface area contributed by atoms with Crippen LogP contribution in [0.25, 0.3) is 5.65 Å². The van der Waals surface area contributed by atoms with E-state index in [1.807, 2.05) is 0 Å². The molecule has 0 fully saturated rings. The smallest absolute Gasteiger partial charge is 0.282 e. The van der Waals surface area contributed by atoms with Gasteiger partial charge in [-0.05, 0) is 37.0 Å². The number of nitrogens with one attached hydrogen (secondary N) is 1. The highest BCUT2D eigenvalue weighted by atomic mass is 19.3. The van der Waals surface area contributed by atoms with Crippen molar-refractivity contribution in [3.05, 3.63) is 53.2 Å². The third-order valence-corrected chi connectivity index (χ3v) is 4.02. The van der Waals surface area contributed by atoms with Crippen LogP contribution >= 0.6 is 0 Å². The molecule has 1 N–H and O–H groups in total. The van der Waals surface area contributed by atoms with Gasteiger partial charge < -0.3 is 0 Å². The predicted molar refractivity (Wildman–Crippen MR) is 82.2 cm³/mol. The minimum Gasteiger partial charge on any atom is -0.295 e. The maximum absolute atomic E-state index is 13.3. The Morgan fingerprint density at radius 3 is 2.96 bits per heavy atom. The normalized spacial score (nSPS) is 13.5. The first-order valence-electron chi connectivity index (χ1n) is 7.55. The molecule has 0 saturated heterocycles. The van der Waals surface area contributed by atoms with Crippen LogP contribution in [0.5, 0.6) is 0 Å². The minimum atomic E-state index is -2.86. The van der Waals surface area contributed by atoms with Crippen molar-refractivity contribution in [1.29, 1.82) is 0 Å². The molecule has 3 heterocycles. The molecule has 4 rings (SSSR count). The molecule has 8 heteroatoms. The Morgan fingerprint density at radius 1 is 1.25 bits per heavy atom. The number of aryl methyl sites for hydroxylation is 2. The summed E-state index contributed by atoms with van der Waals surface area (Å²) in [6, 6.07) is 4.88. The fraction of sp³-hybridized carbons (Fsp3) is 0.250. The summed E-state index contributed by atoms with van der Waals surface area (Å²) in [7, 11) is 0. The number of anilines is 1. The number of carbonyl (C=O) groups excluding carboxylic acids is 1. The van der Waals surface area contributed by atoms with Gasteiger partial charge in [-0.25, -0.2) is 23.7 Å². The molecule has 3 aromatic heterocycles. The van der Waals surface area contributed by atoms with Crippen molar-refractivity contribution < 1.29 is 13.6 Å². The monoisotopic (exact) mass is 329 g/mol. The van der Waals surface area contributed by atoms with Crippen LogP contribution < -0.4 is 5.32 Å². The van der Waals surface area contributed by atoms with Crippen molar-refractivity contribution in [2.24, 2.45) is 0 Å². The van der Waals surface area contributed by atoms with E-state index in [0.29, 0.717) is 0 Å². The van der Waals surface area contributed by atoms with E-state index >= 15 is 0 Å². The topological polar surface area (TPSA) is 72.2 Å². The molecular weight excluding hydrogens is 316 g/mol. The first kappa shape index (κ1) is 14.7. The Labute approximate surface area is 135 Å². The summed E-state index contributed by atoms with van der Waals surface area (Å²) in [5, 5.41) is 2.51. The molecule has 0 bridgehead atoms. The average Bonchev–Trinajstić information content (AvgIpc) is 3.18. The molecule has 1 aliphatic rings. The van der Waals surface area contributed by atoms with E-state index in [4.69, 9.17) is 0 Å². The molecular formula is C16H13F2N5O. The number of hydrogen-bond acceptors (Lipinski definition) is 4. The highest BCUT2D eigenvalue weighted by molar-refractivity contribution is 6.03. The Hall–Kier alpha value is -2.90. The molecule has 0 spiro atoms. The van der Waals surface area contributed by atoms with E-state index in [0.717, 1.165) is 30.5 Å². The van der Waals surface area contributed by atoms with Gasteiger partial charge in [-0.1, -0.05) is 6.07 Å². The maximum Gasteiger partial charge on any atom is 0.282 e. The molecule has 24 heavy (non-hydrogen) atoms. The summed E-state index contributed by atoms with van der Waals surface area (Å²) in [6.07, 6.45) is 3.10. The van der Waals surface area contributed by atoms with E-state index in [2.05, 4.69) is 20.3 Å². The zero-order chi connectivity index (χ0) is 16.7. The van der Waals surface area contributed by atoms with Gasteiger partial charge in [0.2, 0.25) is 5.95 Å². The molecule has 0 radical (unpaired) electrons. The van der Waals surface area contributed by atoms with Crippen molar-refractivity contribution in [2.75, 3.05) is 5.32 Å². The molecule has 1 aliphatic carbocycles. The van der Waals surface area contributed by atoms with Crippen molar-refractivity contribution >= 4 is 17.5 Å². The minimum absolute atomic E-state index is 0.117. The lowest BCUT2D eigenvalue weighted by Gasteiger charge is -2.07. The van der Waals surface area contributed by atoms with Gasteiger partial charge >= 0.3 is 0 Å². The van der Waals surface area contributed by atoms with Gasteiger partial charge in [-0.2, -0.15) is 0 Å². The van der Waals surface area contributed by atoms with Crippen molar-refractivity contribution in [2.45, 2.75) is 25.7 Å². The van der Waals surface area contributed by atoms with Crippen molar-refractivity contribution in [3.63, 3.8) is 0 Å². The summed E-state index contributed by atoms with van der Waals surface area (Å²) in [6.45, 7) is 0. The van der Waals surface area contributed by atoms with E-state index in [1.165, 1.54) is 10.6 Å². The van der Waals surface area contributed by atoms with Crippen LogP contribution in [-0.2, 0) is 12.8 Å².